The van der Waals surface area contributed by atoms with Gasteiger partial charge in [-0.2, -0.15) is 0 Å². The Kier molecular flexibility index (Phi) is 31.8. The van der Waals surface area contributed by atoms with Crippen LogP contribution in [-0.2, 0) is 71.1 Å². The first-order chi connectivity index (χ1) is 46.2. The average molecular weight is 1390 g/mol. The van der Waals surface area contributed by atoms with E-state index in [9.17, 15) is 44.1 Å². The minimum atomic E-state index is -1.97. The van der Waals surface area contributed by atoms with Gasteiger partial charge in [-0.25, -0.2) is 0 Å². The van der Waals surface area contributed by atoms with Gasteiger partial charge in [-0.15, -0.1) is 0 Å². The van der Waals surface area contributed by atoms with Crippen molar-refractivity contribution in [2.45, 2.75) is 290 Å². The number of ether oxygens (including phenoxy) is 8. The lowest BCUT2D eigenvalue weighted by molar-refractivity contribution is -0.163. The van der Waals surface area contributed by atoms with Gasteiger partial charge in [-0.1, -0.05) is 138 Å². The first-order valence-electron chi connectivity index (χ1n) is 37.0. The highest BCUT2D eigenvalue weighted by Gasteiger charge is 2.48. The van der Waals surface area contributed by atoms with E-state index >= 15 is 0 Å². The Labute approximate surface area is 586 Å². The van der Waals surface area contributed by atoms with E-state index in [1.54, 1.807) is 21.3 Å². The Morgan fingerprint density at radius 1 is 0.561 bits per heavy atom. The number of carbonyl (C=O) groups excluding carboxylic acids is 5. The van der Waals surface area contributed by atoms with Crippen molar-refractivity contribution in [1.82, 2.24) is 0 Å². The lowest BCUT2D eigenvalue weighted by Gasteiger charge is -2.44. The van der Waals surface area contributed by atoms with E-state index in [0.717, 1.165) is 50.5 Å². The van der Waals surface area contributed by atoms with Crippen LogP contribution in [0, 0.1) is 71.0 Å². The largest absolute Gasteiger partial charge is 0.481 e. The van der Waals surface area contributed by atoms with Crippen molar-refractivity contribution in [3.63, 3.8) is 0 Å². The fourth-order valence-electron chi connectivity index (χ4n) is 15.3. The number of carboxylic acids is 1. The molecule has 0 aromatic carbocycles. The average Bonchev–Trinajstić information content (AvgIpc) is 0.751. The summed E-state index contributed by atoms with van der Waals surface area (Å²) >= 11 is 0. The highest BCUT2D eigenvalue weighted by molar-refractivity contribution is 6.74. The van der Waals surface area contributed by atoms with Gasteiger partial charge < -0.3 is 62.7 Å². The quantitative estimate of drug-likeness (QED) is 0.0338. The van der Waals surface area contributed by atoms with Gasteiger partial charge in [0.05, 0.1) is 79.7 Å². The van der Waals surface area contributed by atoms with Crippen molar-refractivity contribution in [3.05, 3.63) is 71.4 Å². The number of aliphatic hydroxyl groups is 3. The highest BCUT2D eigenvalue weighted by atomic mass is 28.4. The van der Waals surface area contributed by atoms with Crippen LogP contribution in [0.25, 0.3) is 0 Å². The molecule has 98 heavy (non-hydrogen) atoms. The minimum absolute atomic E-state index is 0.0237. The van der Waals surface area contributed by atoms with Crippen LogP contribution in [0.15, 0.2) is 71.4 Å². The van der Waals surface area contributed by atoms with E-state index in [0.29, 0.717) is 69.1 Å². The number of esters is 5. The molecule has 0 bridgehead atoms. The summed E-state index contributed by atoms with van der Waals surface area (Å²) in [4.78, 5) is 72.9. The molecule has 2 fully saturated rings. The topological polar surface area (TPSA) is 266 Å². The smallest absolute Gasteiger partial charge is 0.308 e. The third-order valence-corrected chi connectivity index (χ3v) is 27.5. The minimum Gasteiger partial charge on any atom is -0.481 e. The van der Waals surface area contributed by atoms with Crippen LogP contribution in [0.4, 0.5) is 0 Å². The van der Waals surface area contributed by atoms with Gasteiger partial charge in [0.25, 0.3) is 0 Å². The van der Waals surface area contributed by atoms with Crippen LogP contribution in [-0.4, -0.2) is 159 Å². The molecule has 0 radical (unpaired) electrons. The summed E-state index contributed by atoms with van der Waals surface area (Å²) in [5, 5.41) is 38.9. The predicted molar refractivity (Wildman–Crippen MR) is 377 cm³/mol. The third kappa shape index (κ3) is 23.1. The van der Waals surface area contributed by atoms with Gasteiger partial charge in [0.1, 0.15) is 30.5 Å². The SMILES string of the molecule is CC[C@H](C)C(=O)O[C@H]1C[C@H](OC)C=C2C=C[C@H](C)[C@H](CC[C@@H](O)C[C@@H](O)CC(=O)O)[C@H]21.CC[C@H](C)C(=O)O[C@H]1C[C@H](OC)C=C2C=C[C@H](C)[C@H](CC[C@@H]3C[C@@H](O)CC(=O)O3)[C@H]21.CC[C@H](C)C(=O)O[C@H]1C[C@H](OC)C=C2C=C[C@H](C)[C@H](CC[C@@H]3C[C@@H](O[Si](C)(C)C(C)(C)C)CC(=O)O3)[C@H]21. The van der Waals surface area contributed by atoms with Gasteiger partial charge in [-0.05, 0) is 135 Å². The molecule has 8 rings (SSSR count). The Bertz CT molecular complexity index is 2810. The number of hydrogen-bond donors (Lipinski definition) is 4. The van der Waals surface area contributed by atoms with E-state index in [1.165, 1.54) is 11.1 Å². The maximum atomic E-state index is 12.8. The number of allylic oxidation sites excluding steroid dienone is 6. The summed E-state index contributed by atoms with van der Waals surface area (Å²) < 4.78 is 52.8. The zero-order valence-corrected chi connectivity index (χ0v) is 63.2. The van der Waals surface area contributed by atoms with Gasteiger partial charge in [0.15, 0.2) is 8.32 Å². The summed E-state index contributed by atoms with van der Waals surface area (Å²) in [5.41, 5.74) is 3.46. The maximum Gasteiger partial charge on any atom is 0.308 e. The third-order valence-electron chi connectivity index (χ3n) is 23.0. The second kappa shape index (κ2) is 37.9. The Hall–Kier alpha value is -4.80. The molecule has 2 saturated heterocycles. The summed E-state index contributed by atoms with van der Waals surface area (Å²) in [6, 6.07) is 0. The van der Waals surface area contributed by atoms with Crippen molar-refractivity contribution >= 4 is 44.1 Å². The molecule has 24 atom stereocenters. The second-order valence-corrected chi connectivity index (χ2v) is 36.0. The molecular weight excluding hydrogens is 1270 g/mol. The molecule has 0 saturated carbocycles. The lowest BCUT2D eigenvalue weighted by Crippen LogP contribution is -2.47. The molecule has 554 valence electrons. The number of rotatable bonds is 27. The van der Waals surface area contributed by atoms with E-state index in [4.69, 9.17) is 47.4 Å². The molecular formula is C78H124O19Si. The molecule has 0 amide bonds. The number of aliphatic carboxylic acids is 1. The van der Waals surface area contributed by atoms with E-state index in [1.807, 2.05) is 41.5 Å². The Morgan fingerprint density at radius 3 is 1.28 bits per heavy atom. The monoisotopic (exact) mass is 1390 g/mol. The molecule has 8 aliphatic rings. The summed E-state index contributed by atoms with van der Waals surface area (Å²) in [7, 11) is 3.08. The number of aliphatic hydroxyl groups excluding tert-OH is 3. The van der Waals surface area contributed by atoms with Crippen LogP contribution in [0.1, 0.15) is 199 Å². The maximum absolute atomic E-state index is 12.8. The molecule has 2 aliphatic heterocycles. The number of cyclic esters (lactones) is 2. The molecule has 0 unspecified atom stereocenters. The van der Waals surface area contributed by atoms with Crippen LogP contribution in [0.2, 0.25) is 18.1 Å². The number of carbonyl (C=O) groups is 6. The van der Waals surface area contributed by atoms with Crippen LogP contribution >= 0.6 is 0 Å². The summed E-state index contributed by atoms with van der Waals surface area (Å²) in [6.07, 6.45) is 25.4. The van der Waals surface area contributed by atoms with Gasteiger partial charge in [-0.3, -0.25) is 28.8 Å². The number of hydrogen-bond acceptors (Lipinski definition) is 18. The molecule has 20 heteroatoms. The van der Waals surface area contributed by atoms with Crippen molar-refractivity contribution in [1.29, 1.82) is 0 Å². The molecule has 6 aliphatic carbocycles. The molecule has 4 N–H and O–H groups in total. The van der Waals surface area contributed by atoms with Crippen molar-refractivity contribution in [2.24, 2.45) is 71.0 Å². The fraction of sp³-hybridized carbons (Fsp3) is 0.769. The van der Waals surface area contributed by atoms with E-state index in [2.05, 4.69) is 109 Å². The van der Waals surface area contributed by atoms with E-state index in [-0.39, 0.29) is 162 Å². The summed E-state index contributed by atoms with van der Waals surface area (Å²) in [6.45, 7) is 29.4. The molecule has 0 aromatic rings. The van der Waals surface area contributed by atoms with Gasteiger partial charge >= 0.3 is 35.8 Å². The lowest BCUT2D eigenvalue weighted by atomic mass is 9.66. The Balaban J connectivity index is 0.000000234. The van der Waals surface area contributed by atoms with Gasteiger partial charge in [0.2, 0.25) is 0 Å². The van der Waals surface area contributed by atoms with E-state index < -0.39 is 32.6 Å². The highest BCUT2D eigenvalue weighted by Crippen LogP contribution is 2.49. The van der Waals surface area contributed by atoms with Crippen molar-refractivity contribution in [2.75, 3.05) is 21.3 Å². The fourth-order valence-corrected chi connectivity index (χ4v) is 16.7. The van der Waals surface area contributed by atoms with Crippen LogP contribution in [0.5, 0.6) is 0 Å². The number of fused-ring (bicyclic) bond motifs is 3. The molecule has 0 spiro atoms. The first kappa shape index (κ1) is 82.2. The first-order valence-corrected chi connectivity index (χ1v) is 39.9. The zero-order chi connectivity index (χ0) is 72.5. The van der Waals surface area contributed by atoms with Crippen molar-refractivity contribution in [3.8, 4) is 0 Å². The predicted octanol–water partition coefficient (Wildman–Crippen LogP) is 13.3. The number of methoxy groups -OCH3 is 3. The van der Waals surface area contributed by atoms with Crippen LogP contribution < -0.4 is 0 Å². The molecule has 2 heterocycles. The second-order valence-electron chi connectivity index (χ2n) is 31.2. The standard InChI is InChI=1S/C30H50O6Si.C24H38O7.C24H36O6/c1-10-19(2)29(32)35-26-17-23(33-7)15-21-12-11-20(3)25(28(21)26)14-13-22-16-24(18-27(31)34-22)36-37(8,9)30(4,5)6;1-5-14(2)24(29)31-21-13-19(30-4)10-16-7-6-15(3)20(23(16)21)9-8-17(25)11-18(26)12-22(27)28;1-5-14(2)24(27)30-21-13-19(28-4)10-16-7-6-15(3)20(23(16)21)9-8-18-11-17(25)12-22(26)29-18/h11-12,15,19-20,22-26,28H,10,13-14,16-18H2,1-9H3;6-7,10,14-15,17-21,23,25-26H,5,8-9,11-13H2,1-4H3,(H,27,28);6-7,10,14-15,17-21,23,25H,5,8-9,11-13H2,1-4H3/t19-,20-,22+,23+,24+,25-,26-,28-;2*14-,15-,17+,18+,19+,20-,21-,23-/m000/s1. The summed E-state index contributed by atoms with van der Waals surface area (Å²) in [5.74, 6) is -0.565. The Morgan fingerprint density at radius 2 is 0.929 bits per heavy atom. The normalized spacial score (nSPS) is 33.6. The van der Waals surface area contributed by atoms with Gasteiger partial charge in [0, 0.05) is 71.2 Å². The van der Waals surface area contributed by atoms with Crippen LogP contribution in [0.3, 0.4) is 0 Å². The molecule has 0 aromatic heterocycles. The van der Waals surface area contributed by atoms with Crippen molar-refractivity contribution < 1.29 is 91.5 Å². The molecule has 19 nitrogen and oxygen atoms in total. The number of carboxylic acid groups (broad SMARTS) is 1. The zero-order valence-electron chi connectivity index (χ0n) is 62.2.